The van der Waals surface area contributed by atoms with Gasteiger partial charge >= 0.3 is 11.8 Å². The van der Waals surface area contributed by atoms with Crippen molar-refractivity contribution >= 4 is 17.5 Å². The highest BCUT2D eigenvalue weighted by Gasteiger charge is 2.13. The molecule has 2 aromatic carbocycles. The Morgan fingerprint density at radius 3 is 2.43 bits per heavy atom. The van der Waals surface area contributed by atoms with Crippen LogP contribution in [-0.4, -0.2) is 11.8 Å². The van der Waals surface area contributed by atoms with Crippen molar-refractivity contribution in [3.63, 3.8) is 0 Å². The fourth-order valence-corrected chi connectivity index (χ4v) is 1.81. The third-order valence-electron chi connectivity index (χ3n) is 2.84. The smallest absolute Gasteiger partial charge is 0.313 e. The first kappa shape index (κ1) is 14.7. The summed E-state index contributed by atoms with van der Waals surface area (Å²) in [6, 6.07) is 12.8. The van der Waals surface area contributed by atoms with Gasteiger partial charge in [-0.05, 0) is 36.8 Å². The fraction of sp³-hybridized carbons (Fsp3) is 0.125. The Morgan fingerprint density at radius 2 is 1.76 bits per heavy atom. The van der Waals surface area contributed by atoms with E-state index in [4.69, 9.17) is 0 Å². The number of aryl methyl sites for hydroxylation is 1. The molecule has 0 fully saturated rings. The number of carbonyl (C=O) groups is 2. The van der Waals surface area contributed by atoms with Gasteiger partial charge in [-0.1, -0.05) is 29.8 Å². The van der Waals surface area contributed by atoms with Crippen molar-refractivity contribution in [1.29, 1.82) is 0 Å². The zero-order valence-corrected chi connectivity index (χ0v) is 11.5. The lowest BCUT2D eigenvalue weighted by Crippen LogP contribution is -2.34. The first-order chi connectivity index (χ1) is 10.0. The van der Waals surface area contributed by atoms with E-state index in [9.17, 15) is 14.0 Å². The largest absolute Gasteiger partial charge is 0.344 e. The van der Waals surface area contributed by atoms with Gasteiger partial charge in [0.1, 0.15) is 5.82 Å². The Labute approximate surface area is 122 Å². The van der Waals surface area contributed by atoms with Gasteiger partial charge in [0.05, 0.1) is 0 Å². The Balaban J connectivity index is 1.88. The van der Waals surface area contributed by atoms with Crippen LogP contribution >= 0.6 is 0 Å². The van der Waals surface area contributed by atoms with E-state index in [-0.39, 0.29) is 6.54 Å². The summed E-state index contributed by atoms with van der Waals surface area (Å²) in [5, 5.41) is 4.93. The number of hydrogen-bond donors (Lipinski definition) is 2. The van der Waals surface area contributed by atoms with Crippen molar-refractivity contribution in [3.05, 3.63) is 65.5 Å². The Hall–Kier alpha value is -2.69. The zero-order valence-electron chi connectivity index (χ0n) is 11.5. The second-order valence-electron chi connectivity index (χ2n) is 4.63. The molecule has 2 amide bonds. The lowest BCUT2D eigenvalue weighted by molar-refractivity contribution is -0.136. The summed E-state index contributed by atoms with van der Waals surface area (Å²) < 4.78 is 12.7. The highest BCUT2D eigenvalue weighted by atomic mass is 19.1. The number of nitrogens with one attached hydrogen (secondary N) is 2. The van der Waals surface area contributed by atoms with Gasteiger partial charge in [0.15, 0.2) is 0 Å². The van der Waals surface area contributed by atoms with Crippen LogP contribution in [0.25, 0.3) is 0 Å². The van der Waals surface area contributed by atoms with Crippen molar-refractivity contribution < 1.29 is 14.0 Å². The van der Waals surface area contributed by atoms with E-state index < -0.39 is 17.6 Å². The minimum absolute atomic E-state index is 0.275. The van der Waals surface area contributed by atoms with Gasteiger partial charge in [-0.2, -0.15) is 0 Å². The number of hydrogen-bond acceptors (Lipinski definition) is 2. The van der Waals surface area contributed by atoms with Crippen molar-refractivity contribution in [2.24, 2.45) is 0 Å². The summed E-state index contributed by atoms with van der Waals surface area (Å²) >= 11 is 0. The van der Waals surface area contributed by atoms with Crippen LogP contribution < -0.4 is 10.6 Å². The number of anilines is 1. The standard InChI is InChI=1S/C16H15FN2O2/c1-11-3-2-4-12(9-11)10-18-15(20)16(21)19-14-7-5-13(17)6-8-14/h2-9H,10H2,1H3,(H,18,20)(H,19,21). The SMILES string of the molecule is Cc1cccc(CNC(=O)C(=O)Nc2ccc(F)cc2)c1. The second kappa shape index (κ2) is 6.65. The summed E-state index contributed by atoms with van der Waals surface area (Å²) in [6.45, 7) is 2.23. The Kier molecular flexibility index (Phi) is 4.66. The number of benzene rings is 2. The molecule has 0 saturated carbocycles. The molecule has 0 radical (unpaired) electrons. The van der Waals surface area contributed by atoms with E-state index in [0.717, 1.165) is 11.1 Å². The molecule has 0 bridgehead atoms. The number of amides is 2. The van der Waals surface area contributed by atoms with E-state index in [0.29, 0.717) is 5.69 Å². The molecule has 108 valence electrons. The van der Waals surface area contributed by atoms with Crippen molar-refractivity contribution in [1.82, 2.24) is 5.32 Å². The first-order valence-electron chi connectivity index (χ1n) is 6.45. The third kappa shape index (κ3) is 4.42. The Bertz CT molecular complexity index is 654. The number of carbonyl (C=O) groups excluding carboxylic acids is 2. The molecule has 0 atom stereocenters. The van der Waals surface area contributed by atoms with E-state index in [2.05, 4.69) is 10.6 Å². The monoisotopic (exact) mass is 286 g/mol. The molecular weight excluding hydrogens is 271 g/mol. The highest BCUT2D eigenvalue weighted by Crippen LogP contribution is 2.08. The predicted octanol–water partition coefficient (Wildman–Crippen LogP) is 2.39. The predicted molar refractivity (Wildman–Crippen MR) is 78.1 cm³/mol. The molecule has 0 aliphatic rings. The minimum Gasteiger partial charge on any atom is -0.344 e. The molecule has 0 spiro atoms. The van der Waals surface area contributed by atoms with Crippen molar-refractivity contribution in [2.75, 3.05) is 5.32 Å². The van der Waals surface area contributed by atoms with Crippen LogP contribution in [-0.2, 0) is 16.1 Å². The summed E-state index contributed by atoms with van der Waals surface area (Å²) in [7, 11) is 0. The van der Waals surface area contributed by atoms with E-state index in [1.165, 1.54) is 24.3 Å². The molecule has 2 rings (SSSR count). The van der Waals surface area contributed by atoms with Crippen molar-refractivity contribution in [3.8, 4) is 0 Å². The maximum absolute atomic E-state index is 12.7. The average molecular weight is 286 g/mol. The van der Waals surface area contributed by atoms with E-state index in [1.54, 1.807) is 0 Å². The molecule has 0 aromatic heterocycles. The molecule has 2 N–H and O–H groups in total. The average Bonchev–Trinajstić information content (AvgIpc) is 2.47. The number of halogens is 1. The van der Waals surface area contributed by atoms with Crippen LogP contribution in [0.2, 0.25) is 0 Å². The molecule has 2 aromatic rings. The summed E-state index contributed by atoms with van der Waals surface area (Å²) in [4.78, 5) is 23.3. The Morgan fingerprint density at radius 1 is 1.05 bits per heavy atom. The van der Waals surface area contributed by atoms with Crippen LogP contribution in [0.5, 0.6) is 0 Å². The molecule has 4 nitrogen and oxygen atoms in total. The fourth-order valence-electron chi connectivity index (χ4n) is 1.81. The molecule has 21 heavy (non-hydrogen) atoms. The van der Waals surface area contributed by atoms with Gasteiger partial charge < -0.3 is 10.6 Å². The molecule has 0 aliphatic heterocycles. The van der Waals surface area contributed by atoms with Crippen LogP contribution in [0, 0.1) is 12.7 Å². The summed E-state index contributed by atoms with van der Waals surface area (Å²) in [5.41, 5.74) is 2.36. The molecule has 0 saturated heterocycles. The van der Waals surface area contributed by atoms with E-state index >= 15 is 0 Å². The summed E-state index contributed by atoms with van der Waals surface area (Å²) in [6.07, 6.45) is 0. The molecule has 5 heteroatoms. The van der Waals surface area contributed by atoms with Crippen LogP contribution in [0.15, 0.2) is 48.5 Å². The maximum atomic E-state index is 12.7. The third-order valence-corrected chi connectivity index (χ3v) is 2.84. The zero-order chi connectivity index (χ0) is 15.2. The number of rotatable bonds is 3. The van der Waals surface area contributed by atoms with Gasteiger partial charge in [-0.3, -0.25) is 9.59 Å². The van der Waals surface area contributed by atoms with Crippen LogP contribution in [0.1, 0.15) is 11.1 Å². The maximum Gasteiger partial charge on any atom is 0.313 e. The van der Waals surface area contributed by atoms with Gasteiger partial charge in [-0.15, -0.1) is 0 Å². The molecule has 0 unspecified atom stereocenters. The molecule has 0 heterocycles. The highest BCUT2D eigenvalue weighted by molar-refractivity contribution is 6.39. The second-order valence-corrected chi connectivity index (χ2v) is 4.63. The quantitative estimate of drug-likeness (QED) is 0.851. The van der Waals surface area contributed by atoms with E-state index in [1.807, 2.05) is 31.2 Å². The van der Waals surface area contributed by atoms with Gasteiger partial charge in [-0.25, -0.2) is 4.39 Å². The van der Waals surface area contributed by atoms with Crippen molar-refractivity contribution in [2.45, 2.75) is 13.5 Å². The topological polar surface area (TPSA) is 58.2 Å². The first-order valence-corrected chi connectivity index (χ1v) is 6.45. The normalized spacial score (nSPS) is 10.0. The minimum atomic E-state index is -0.783. The van der Waals surface area contributed by atoms with Gasteiger partial charge in [0.2, 0.25) is 0 Å². The lowest BCUT2D eigenvalue weighted by atomic mass is 10.1. The summed E-state index contributed by atoms with van der Waals surface area (Å²) in [5.74, 6) is -1.92. The van der Waals surface area contributed by atoms with Gasteiger partial charge in [0, 0.05) is 12.2 Å². The van der Waals surface area contributed by atoms with Gasteiger partial charge in [0.25, 0.3) is 0 Å². The van der Waals surface area contributed by atoms with Crippen LogP contribution in [0.3, 0.4) is 0 Å². The molecular formula is C16H15FN2O2. The van der Waals surface area contributed by atoms with Crippen LogP contribution in [0.4, 0.5) is 10.1 Å². The molecule has 0 aliphatic carbocycles. The lowest BCUT2D eigenvalue weighted by Gasteiger charge is -2.07.